The molecule has 0 aliphatic heterocycles. The van der Waals surface area contributed by atoms with E-state index >= 15 is 0 Å². The number of nitrogens with one attached hydrogen (secondary N) is 1. The maximum Gasteiger partial charge on any atom is 0.261 e. The number of carbonyl (C=O) groups excluding carboxylic acids is 1. The Kier molecular flexibility index (Phi) is 5.27. The molecule has 0 spiro atoms. The highest BCUT2D eigenvalue weighted by molar-refractivity contribution is 5.80. The second kappa shape index (κ2) is 6.74. The van der Waals surface area contributed by atoms with E-state index < -0.39 is 6.10 Å². The van der Waals surface area contributed by atoms with E-state index in [2.05, 4.69) is 18.8 Å². The molecule has 0 saturated heterocycles. The number of para-hydroxylation sites is 1. The molecule has 1 N–H and O–H groups in total. The fourth-order valence-electron chi connectivity index (χ4n) is 1.47. The summed E-state index contributed by atoms with van der Waals surface area (Å²) in [5.74, 6) is 0.645. The minimum atomic E-state index is -0.498. The van der Waals surface area contributed by atoms with E-state index in [9.17, 15) is 4.79 Å². The molecule has 1 atom stereocenters. The van der Waals surface area contributed by atoms with Crippen molar-refractivity contribution in [2.75, 3.05) is 6.54 Å². The molecule has 0 fully saturated rings. The molecule has 1 aromatic carbocycles. The number of hydrogen-bond donors (Lipinski definition) is 1. The Bertz CT molecular complexity index is 388. The van der Waals surface area contributed by atoms with Gasteiger partial charge < -0.3 is 10.1 Å². The molecule has 0 aliphatic rings. The van der Waals surface area contributed by atoms with Crippen LogP contribution in [0, 0.1) is 0 Å². The lowest BCUT2D eigenvalue weighted by Gasteiger charge is -2.16. The number of benzene rings is 1. The molecule has 0 unspecified atom stereocenters. The van der Waals surface area contributed by atoms with Gasteiger partial charge in [0.05, 0.1) is 0 Å². The predicted molar refractivity (Wildman–Crippen MR) is 69.1 cm³/mol. The highest BCUT2D eigenvalue weighted by Crippen LogP contribution is 2.19. The normalized spacial score (nSPS) is 11.6. The molecular formula is C14H19NO2. The van der Waals surface area contributed by atoms with Crippen molar-refractivity contribution in [1.29, 1.82) is 0 Å². The molecule has 0 saturated carbocycles. The molecular weight excluding hydrogens is 214 g/mol. The Morgan fingerprint density at radius 3 is 2.88 bits per heavy atom. The molecule has 92 valence electrons. The highest BCUT2D eigenvalue weighted by Gasteiger charge is 2.14. The summed E-state index contributed by atoms with van der Waals surface area (Å²) < 4.78 is 5.65. The van der Waals surface area contributed by atoms with Crippen LogP contribution in [-0.2, 0) is 11.2 Å². The molecule has 0 aliphatic carbocycles. The van der Waals surface area contributed by atoms with Crippen LogP contribution in [0.4, 0.5) is 0 Å². The van der Waals surface area contributed by atoms with Crippen LogP contribution in [0.2, 0.25) is 0 Å². The van der Waals surface area contributed by atoms with Crippen molar-refractivity contribution < 1.29 is 9.53 Å². The molecule has 1 amide bonds. The van der Waals surface area contributed by atoms with E-state index in [0.29, 0.717) is 6.54 Å². The van der Waals surface area contributed by atoms with Crippen LogP contribution in [-0.4, -0.2) is 18.6 Å². The van der Waals surface area contributed by atoms with Gasteiger partial charge in [-0.2, -0.15) is 0 Å². The molecule has 3 heteroatoms. The standard InChI is InChI=1S/C14H19NO2/c1-4-10-15-14(16)11(3)17-13-9-7-6-8-12(13)5-2/h4,6-9,11H,1,5,10H2,2-3H3,(H,15,16)/t11-/m1/s1. The first kappa shape index (κ1) is 13.3. The van der Waals surface area contributed by atoms with Gasteiger partial charge >= 0.3 is 0 Å². The highest BCUT2D eigenvalue weighted by atomic mass is 16.5. The van der Waals surface area contributed by atoms with Crippen LogP contribution in [0.5, 0.6) is 5.75 Å². The van der Waals surface area contributed by atoms with Crippen LogP contribution in [0.1, 0.15) is 19.4 Å². The van der Waals surface area contributed by atoms with Gasteiger partial charge in [-0.15, -0.1) is 6.58 Å². The number of ether oxygens (including phenoxy) is 1. The molecule has 0 radical (unpaired) electrons. The molecule has 3 nitrogen and oxygen atoms in total. The third kappa shape index (κ3) is 3.94. The van der Waals surface area contributed by atoms with Crippen molar-refractivity contribution in [3.05, 3.63) is 42.5 Å². The minimum Gasteiger partial charge on any atom is -0.481 e. The topological polar surface area (TPSA) is 38.3 Å². The Balaban J connectivity index is 2.63. The summed E-state index contributed by atoms with van der Waals surface area (Å²) >= 11 is 0. The molecule has 1 aromatic rings. The predicted octanol–water partition coefficient (Wildman–Crippen LogP) is 2.32. The van der Waals surface area contributed by atoms with E-state index in [1.165, 1.54) is 0 Å². The molecule has 0 heterocycles. The van der Waals surface area contributed by atoms with Gasteiger partial charge in [-0.1, -0.05) is 31.2 Å². The zero-order valence-corrected chi connectivity index (χ0v) is 10.4. The summed E-state index contributed by atoms with van der Waals surface area (Å²) in [7, 11) is 0. The summed E-state index contributed by atoms with van der Waals surface area (Å²) in [5.41, 5.74) is 1.11. The second-order valence-corrected chi connectivity index (χ2v) is 3.76. The summed E-state index contributed by atoms with van der Waals surface area (Å²) in [6.45, 7) is 7.81. The lowest BCUT2D eigenvalue weighted by molar-refractivity contribution is -0.127. The van der Waals surface area contributed by atoms with Gasteiger partial charge in [-0.3, -0.25) is 4.79 Å². The van der Waals surface area contributed by atoms with Crippen molar-refractivity contribution in [3.63, 3.8) is 0 Å². The Morgan fingerprint density at radius 1 is 1.53 bits per heavy atom. The maximum absolute atomic E-state index is 11.6. The SMILES string of the molecule is C=CCNC(=O)[C@@H](C)Oc1ccccc1CC. The lowest BCUT2D eigenvalue weighted by atomic mass is 10.1. The van der Waals surface area contributed by atoms with Gasteiger partial charge in [0.15, 0.2) is 6.10 Å². The quantitative estimate of drug-likeness (QED) is 0.766. The Labute approximate surface area is 102 Å². The van der Waals surface area contributed by atoms with Crippen LogP contribution in [0.25, 0.3) is 0 Å². The smallest absolute Gasteiger partial charge is 0.261 e. The van der Waals surface area contributed by atoms with E-state index in [-0.39, 0.29) is 5.91 Å². The van der Waals surface area contributed by atoms with Crippen LogP contribution < -0.4 is 10.1 Å². The van der Waals surface area contributed by atoms with Gasteiger partial charge in [0.2, 0.25) is 0 Å². The largest absolute Gasteiger partial charge is 0.481 e. The number of aryl methyl sites for hydroxylation is 1. The Morgan fingerprint density at radius 2 is 2.24 bits per heavy atom. The third-order valence-electron chi connectivity index (χ3n) is 2.45. The van der Waals surface area contributed by atoms with Crippen molar-refractivity contribution in [3.8, 4) is 5.75 Å². The summed E-state index contributed by atoms with van der Waals surface area (Å²) in [6.07, 6.45) is 2.03. The zero-order valence-electron chi connectivity index (χ0n) is 10.4. The first-order valence-electron chi connectivity index (χ1n) is 5.82. The van der Waals surface area contributed by atoms with Crippen molar-refractivity contribution in [2.45, 2.75) is 26.4 Å². The third-order valence-corrected chi connectivity index (χ3v) is 2.45. The van der Waals surface area contributed by atoms with E-state index in [4.69, 9.17) is 4.74 Å². The lowest BCUT2D eigenvalue weighted by Crippen LogP contribution is -2.36. The van der Waals surface area contributed by atoms with Crippen LogP contribution in [0.3, 0.4) is 0 Å². The van der Waals surface area contributed by atoms with Gasteiger partial charge in [0, 0.05) is 6.54 Å². The monoisotopic (exact) mass is 233 g/mol. The second-order valence-electron chi connectivity index (χ2n) is 3.76. The number of amides is 1. The summed E-state index contributed by atoms with van der Waals surface area (Å²) in [4.78, 5) is 11.6. The summed E-state index contributed by atoms with van der Waals surface area (Å²) in [5, 5.41) is 2.71. The Hall–Kier alpha value is -1.77. The zero-order chi connectivity index (χ0) is 12.7. The van der Waals surface area contributed by atoms with Crippen molar-refractivity contribution >= 4 is 5.91 Å². The number of hydrogen-bond acceptors (Lipinski definition) is 2. The molecule has 17 heavy (non-hydrogen) atoms. The van der Waals surface area contributed by atoms with Crippen LogP contribution >= 0.6 is 0 Å². The number of carbonyl (C=O) groups is 1. The van der Waals surface area contributed by atoms with Crippen molar-refractivity contribution in [1.82, 2.24) is 5.32 Å². The fourth-order valence-corrected chi connectivity index (χ4v) is 1.47. The van der Waals surface area contributed by atoms with Gasteiger partial charge in [0.25, 0.3) is 5.91 Å². The summed E-state index contributed by atoms with van der Waals surface area (Å²) in [6, 6.07) is 7.76. The molecule has 0 aromatic heterocycles. The van der Waals surface area contributed by atoms with Crippen LogP contribution in [0.15, 0.2) is 36.9 Å². The average molecular weight is 233 g/mol. The number of rotatable bonds is 6. The van der Waals surface area contributed by atoms with Crippen molar-refractivity contribution in [2.24, 2.45) is 0 Å². The van der Waals surface area contributed by atoms with Gasteiger partial charge in [-0.25, -0.2) is 0 Å². The molecule has 1 rings (SSSR count). The fraction of sp³-hybridized carbons (Fsp3) is 0.357. The van der Waals surface area contributed by atoms with Gasteiger partial charge in [-0.05, 0) is 25.0 Å². The van der Waals surface area contributed by atoms with E-state index in [1.54, 1.807) is 13.0 Å². The first-order chi connectivity index (χ1) is 8.19. The van der Waals surface area contributed by atoms with Gasteiger partial charge in [0.1, 0.15) is 5.75 Å². The van der Waals surface area contributed by atoms with E-state index in [1.807, 2.05) is 24.3 Å². The molecule has 0 bridgehead atoms. The van der Waals surface area contributed by atoms with E-state index in [0.717, 1.165) is 17.7 Å². The minimum absolute atomic E-state index is 0.129. The average Bonchev–Trinajstić information content (AvgIpc) is 2.36. The maximum atomic E-state index is 11.6. The first-order valence-corrected chi connectivity index (χ1v) is 5.82.